The molecule has 2 saturated heterocycles. The van der Waals surface area contributed by atoms with E-state index in [0.717, 1.165) is 19.3 Å². The molecule has 22 heavy (non-hydrogen) atoms. The van der Waals surface area contributed by atoms with E-state index in [4.69, 9.17) is 9.47 Å². The van der Waals surface area contributed by atoms with Crippen LogP contribution in [0.5, 0.6) is 0 Å². The summed E-state index contributed by atoms with van der Waals surface area (Å²) >= 11 is 0. The lowest BCUT2D eigenvalue weighted by atomic mass is 9.93. The molecule has 0 bridgehead atoms. The number of hydrogen-bond donors (Lipinski definition) is 0. The highest BCUT2D eigenvalue weighted by atomic mass is 16.6. The number of esters is 1. The molecule has 2 aliphatic rings. The van der Waals surface area contributed by atoms with E-state index in [1.165, 1.54) is 12.8 Å². The van der Waals surface area contributed by atoms with Gasteiger partial charge in [-0.25, -0.2) is 4.79 Å². The Balaban J connectivity index is 2.03. The third kappa shape index (κ3) is 3.80. The minimum atomic E-state index is -0.572. The van der Waals surface area contributed by atoms with Gasteiger partial charge in [0.25, 0.3) is 0 Å². The molecule has 0 spiro atoms. The zero-order valence-corrected chi connectivity index (χ0v) is 14.3. The van der Waals surface area contributed by atoms with Gasteiger partial charge in [0.1, 0.15) is 12.3 Å². The maximum absolute atomic E-state index is 12.6. The second-order valence-corrected chi connectivity index (χ2v) is 7.48. The van der Waals surface area contributed by atoms with Crippen LogP contribution in [0.15, 0.2) is 0 Å². The average molecular weight is 311 g/mol. The summed E-state index contributed by atoms with van der Waals surface area (Å²) in [7, 11) is 0. The number of fused-ring (bicyclic) bond motifs is 1. The van der Waals surface area contributed by atoms with Crippen LogP contribution in [0.25, 0.3) is 0 Å². The minimum absolute atomic E-state index is 0.0197. The number of unbranched alkanes of at least 4 members (excludes halogenated alkanes) is 3. The van der Waals surface area contributed by atoms with E-state index in [0.29, 0.717) is 0 Å². The van der Waals surface area contributed by atoms with Crippen molar-refractivity contribution in [3.05, 3.63) is 0 Å². The van der Waals surface area contributed by atoms with Crippen molar-refractivity contribution < 1.29 is 19.1 Å². The molecule has 2 heterocycles. The highest BCUT2D eigenvalue weighted by Gasteiger charge is 2.49. The number of hydrogen-bond acceptors (Lipinski definition) is 4. The fourth-order valence-electron chi connectivity index (χ4n) is 3.20. The highest BCUT2D eigenvalue weighted by Crippen LogP contribution is 2.34. The number of rotatable bonds is 5. The van der Waals surface area contributed by atoms with Gasteiger partial charge >= 0.3 is 5.97 Å². The van der Waals surface area contributed by atoms with Gasteiger partial charge in [-0.2, -0.15) is 0 Å². The van der Waals surface area contributed by atoms with Crippen LogP contribution in [-0.2, 0) is 19.1 Å². The van der Waals surface area contributed by atoms with Crippen molar-refractivity contribution in [2.24, 2.45) is 5.41 Å². The molecule has 0 unspecified atom stereocenters. The van der Waals surface area contributed by atoms with Gasteiger partial charge in [-0.3, -0.25) is 9.69 Å². The van der Waals surface area contributed by atoms with Gasteiger partial charge in [0.15, 0.2) is 6.04 Å². The van der Waals surface area contributed by atoms with Crippen LogP contribution < -0.4 is 0 Å². The summed E-state index contributed by atoms with van der Waals surface area (Å²) in [5, 5.41) is 0. The maximum atomic E-state index is 12.6. The molecular weight excluding hydrogens is 282 g/mol. The van der Waals surface area contributed by atoms with Crippen LogP contribution in [0.2, 0.25) is 0 Å². The Morgan fingerprint density at radius 3 is 2.55 bits per heavy atom. The fraction of sp³-hybridized carbons (Fsp3) is 0.882. The summed E-state index contributed by atoms with van der Waals surface area (Å²) in [4.78, 5) is 26.5. The predicted molar refractivity (Wildman–Crippen MR) is 83.1 cm³/mol. The van der Waals surface area contributed by atoms with Gasteiger partial charge in [-0.15, -0.1) is 0 Å². The first-order valence-corrected chi connectivity index (χ1v) is 8.48. The second-order valence-electron chi connectivity index (χ2n) is 7.48. The van der Waals surface area contributed by atoms with Crippen LogP contribution >= 0.6 is 0 Å². The molecule has 0 radical (unpaired) electrons. The van der Waals surface area contributed by atoms with E-state index < -0.39 is 6.04 Å². The Morgan fingerprint density at radius 1 is 1.18 bits per heavy atom. The molecule has 3 atom stereocenters. The van der Waals surface area contributed by atoms with Gasteiger partial charge in [0, 0.05) is 5.41 Å². The summed E-state index contributed by atoms with van der Waals surface area (Å²) in [6.07, 6.45) is 4.92. The van der Waals surface area contributed by atoms with Crippen LogP contribution in [0.3, 0.4) is 0 Å². The summed E-state index contributed by atoms with van der Waals surface area (Å²) in [5.41, 5.74) is -0.217. The van der Waals surface area contributed by atoms with E-state index in [1.807, 2.05) is 20.8 Å². The molecular formula is C17H29NO4. The molecule has 0 aliphatic carbocycles. The standard InChI is InChI=1S/C17H29NO4/c1-5-6-7-8-9-12-10-14(19)18-13(15(20)22-12)11-21-16(18)17(2,3)4/h12-13,16H,5-11H2,1-4H3/t12-,13-,16+/m0/s1. The first-order valence-electron chi connectivity index (χ1n) is 8.48. The Kier molecular flexibility index (Phi) is 5.48. The zero-order chi connectivity index (χ0) is 16.3. The third-order valence-electron chi connectivity index (χ3n) is 4.37. The molecule has 0 N–H and O–H groups in total. The number of cyclic esters (lactones) is 1. The first-order chi connectivity index (χ1) is 10.3. The molecule has 126 valence electrons. The molecule has 1 amide bonds. The largest absolute Gasteiger partial charge is 0.460 e. The van der Waals surface area contributed by atoms with Crippen LogP contribution in [-0.4, -0.2) is 41.8 Å². The SMILES string of the molecule is CCCCCC[C@H]1CC(=O)N2[C@@H](CO[C@@H]2C(C)(C)C)C(=O)O1. The Labute approximate surface area is 133 Å². The first kappa shape index (κ1) is 17.3. The topological polar surface area (TPSA) is 55.8 Å². The quantitative estimate of drug-likeness (QED) is 0.579. The van der Waals surface area contributed by atoms with E-state index in [-0.39, 0.29) is 42.7 Å². The highest BCUT2D eigenvalue weighted by molar-refractivity contribution is 5.87. The van der Waals surface area contributed by atoms with E-state index in [1.54, 1.807) is 4.90 Å². The Morgan fingerprint density at radius 2 is 1.91 bits per heavy atom. The number of nitrogens with zero attached hydrogens (tertiary/aromatic N) is 1. The minimum Gasteiger partial charge on any atom is -0.460 e. The second kappa shape index (κ2) is 6.99. The van der Waals surface area contributed by atoms with Crippen molar-refractivity contribution >= 4 is 11.9 Å². The smallest absolute Gasteiger partial charge is 0.331 e. The number of amides is 1. The molecule has 5 nitrogen and oxygen atoms in total. The lowest BCUT2D eigenvalue weighted by Crippen LogP contribution is -2.49. The third-order valence-corrected chi connectivity index (χ3v) is 4.37. The van der Waals surface area contributed by atoms with Crippen LogP contribution in [0, 0.1) is 5.41 Å². The monoisotopic (exact) mass is 311 g/mol. The molecule has 2 fully saturated rings. The van der Waals surface area contributed by atoms with Gasteiger partial charge in [0.05, 0.1) is 13.0 Å². The molecule has 2 rings (SSSR count). The molecule has 0 saturated carbocycles. The number of carbonyl (C=O) groups is 2. The van der Waals surface area contributed by atoms with Gasteiger partial charge in [0.2, 0.25) is 5.91 Å². The lowest BCUT2D eigenvalue weighted by molar-refractivity contribution is -0.153. The normalized spacial score (nSPS) is 29.3. The van der Waals surface area contributed by atoms with E-state index >= 15 is 0 Å². The van der Waals surface area contributed by atoms with Crippen molar-refractivity contribution in [1.82, 2.24) is 4.90 Å². The molecule has 0 aromatic heterocycles. The number of carbonyl (C=O) groups excluding carboxylic acids is 2. The Bertz CT molecular complexity index is 415. The fourth-order valence-corrected chi connectivity index (χ4v) is 3.20. The van der Waals surface area contributed by atoms with Crippen LogP contribution in [0.1, 0.15) is 66.2 Å². The van der Waals surface area contributed by atoms with Gasteiger partial charge < -0.3 is 9.47 Å². The van der Waals surface area contributed by atoms with E-state index in [9.17, 15) is 9.59 Å². The Hall–Kier alpha value is -1.10. The summed E-state index contributed by atoms with van der Waals surface area (Å²) in [6.45, 7) is 8.47. The molecule has 0 aromatic carbocycles. The van der Waals surface area contributed by atoms with Crippen molar-refractivity contribution in [2.45, 2.75) is 84.6 Å². The number of ether oxygens (including phenoxy) is 2. The predicted octanol–water partition coefficient (Wildman–Crippen LogP) is 2.87. The van der Waals surface area contributed by atoms with Gasteiger partial charge in [-0.05, 0) is 12.8 Å². The molecule has 0 aromatic rings. The van der Waals surface area contributed by atoms with E-state index in [2.05, 4.69) is 6.92 Å². The summed E-state index contributed by atoms with van der Waals surface area (Å²) in [5.74, 6) is -0.327. The lowest BCUT2D eigenvalue weighted by Gasteiger charge is -2.34. The zero-order valence-electron chi connectivity index (χ0n) is 14.3. The van der Waals surface area contributed by atoms with Crippen molar-refractivity contribution in [3.63, 3.8) is 0 Å². The van der Waals surface area contributed by atoms with Crippen molar-refractivity contribution in [2.75, 3.05) is 6.61 Å². The van der Waals surface area contributed by atoms with Crippen molar-refractivity contribution in [3.8, 4) is 0 Å². The molecule has 5 heteroatoms. The van der Waals surface area contributed by atoms with Crippen LogP contribution in [0.4, 0.5) is 0 Å². The van der Waals surface area contributed by atoms with Crippen molar-refractivity contribution in [1.29, 1.82) is 0 Å². The van der Waals surface area contributed by atoms with Gasteiger partial charge in [-0.1, -0.05) is 47.0 Å². The maximum Gasteiger partial charge on any atom is 0.331 e. The molecule has 2 aliphatic heterocycles. The summed E-state index contributed by atoms with van der Waals surface area (Å²) in [6, 6.07) is -0.572. The summed E-state index contributed by atoms with van der Waals surface area (Å²) < 4.78 is 11.3. The average Bonchev–Trinajstić information content (AvgIpc) is 2.84.